The molecule has 0 unspecified atom stereocenters. The fourth-order valence-electron chi connectivity index (χ4n) is 1.10. The summed E-state index contributed by atoms with van der Waals surface area (Å²) in [5, 5.41) is 6.31. The van der Waals surface area contributed by atoms with E-state index in [1.54, 1.807) is 6.92 Å². The average molecular weight is 212 g/mol. The molecule has 0 aromatic carbocycles. The first-order valence-corrected chi connectivity index (χ1v) is 4.98. The summed E-state index contributed by atoms with van der Waals surface area (Å²) in [6, 6.07) is 0. The van der Waals surface area contributed by atoms with Gasteiger partial charge in [-0.15, -0.1) is 0 Å². The van der Waals surface area contributed by atoms with Crippen LogP contribution in [0.3, 0.4) is 0 Å². The number of hydrogen-bond donors (Lipinski definition) is 2. The van der Waals surface area contributed by atoms with Crippen LogP contribution in [0.15, 0.2) is 4.52 Å². The average Bonchev–Trinajstić information content (AvgIpc) is 2.62. The van der Waals surface area contributed by atoms with Gasteiger partial charge in [0, 0.05) is 6.42 Å². The van der Waals surface area contributed by atoms with Crippen LogP contribution in [-0.2, 0) is 11.3 Å². The van der Waals surface area contributed by atoms with Gasteiger partial charge < -0.3 is 15.6 Å². The van der Waals surface area contributed by atoms with Gasteiger partial charge in [-0.2, -0.15) is 4.98 Å². The number of hydrogen-bond acceptors (Lipinski definition) is 5. The van der Waals surface area contributed by atoms with Crippen LogP contribution in [0.25, 0.3) is 0 Å². The first-order chi connectivity index (χ1) is 7.22. The molecule has 0 radical (unpaired) electrons. The SMILES string of the molecule is Cc1noc(CNC(=O)CCCCN)n1. The van der Waals surface area contributed by atoms with Crippen LogP contribution < -0.4 is 11.1 Å². The molecule has 0 bridgehead atoms. The maximum Gasteiger partial charge on any atom is 0.246 e. The van der Waals surface area contributed by atoms with Gasteiger partial charge in [-0.25, -0.2) is 0 Å². The number of carbonyl (C=O) groups excluding carboxylic acids is 1. The van der Waals surface area contributed by atoms with E-state index in [2.05, 4.69) is 15.5 Å². The Balaban J connectivity index is 2.16. The molecule has 0 aliphatic heterocycles. The van der Waals surface area contributed by atoms with Crippen molar-refractivity contribution in [3.05, 3.63) is 11.7 Å². The topological polar surface area (TPSA) is 94.0 Å². The fourth-order valence-corrected chi connectivity index (χ4v) is 1.10. The molecule has 1 aromatic rings. The maximum atomic E-state index is 11.3. The lowest BCUT2D eigenvalue weighted by atomic mass is 10.2. The van der Waals surface area contributed by atoms with Gasteiger partial charge in [0.2, 0.25) is 11.8 Å². The summed E-state index contributed by atoms with van der Waals surface area (Å²) in [7, 11) is 0. The Morgan fingerprint density at radius 2 is 2.33 bits per heavy atom. The summed E-state index contributed by atoms with van der Waals surface area (Å²) in [6.07, 6.45) is 2.17. The molecule has 15 heavy (non-hydrogen) atoms. The third-order valence-corrected chi connectivity index (χ3v) is 1.86. The zero-order valence-corrected chi connectivity index (χ0v) is 8.82. The van der Waals surface area contributed by atoms with Crippen LogP contribution in [-0.4, -0.2) is 22.6 Å². The molecule has 6 nitrogen and oxygen atoms in total. The first kappa shape index (κ1) is 11.6. The summed E-state index contributed by atoms with van der Waals surface area (Å²) in [5.74, 6) is 0.987. The lowest BCUT2D eigenvalue weighted by Gasteiger charge is -2.00. The molecule has 0 saturated heterocycles. The summed E-state index contributed by atoms with van der Waals surface area (Å²) >= 11 is 0. The number of aryl methyl sites for hydroxylation is 1. The summed E-state index contributed by atoms with van der Waals surface area (Å²) < 4.78 is 4.84. The second-order valence-electron chi connectivity index (χ2n) is 3.26. The number of unbranched alkanes of at least 4 members (excludes halogenated alkanes) is 1. The maximum absolute atomic E-state index is 11.3. The third-order valence-electron chi connectivity index (χ3n) is 1.86. The van der Waals surface area contributed by atoms with Crippen molar-refractivity contribution in [1.29, 1.82) is 0 Å². The number of nitrogens with one attached hydrogen (secondary N) is 1. The van der Waals surface area contributed by atoms with E-state index in [9.17, 15) is 4.79 Å². The Morgan fingerprint density at radius 3 is 2.93 bits per heavy atom. The van der Waals surface area contributed by atoms with Crippen LogP contribution >= 0.6 is 0 Å². The Kier molecular flexibility index (Phi) is 4.76. The van der Waals surface area contributed by atoms with E-state index < -0.39 is 0 Å². The first-order valence-electron chi connectivity index (χ1n) is 4.98. The molecule has 0 fully saturated rings. The van der Waals surface area contributed by atoms with Gasteiger partial charge in [0.15, 0.2) is 5.82 Å². The zero-order valence-electron chi connectivity index (χ0n) is 8.82. The van der Waals surface area contributed by atoms with Gasteiger partial charge in [0.25, 0.3) is 0 Å². The van der Waals surface area contributed by atoms with Gasteiger partial charge in [-0.1, -0.05) is 5.16 Å². The highest BCUT2D eigenvalue weighted by Crippen LogP contribution is 1.97. The molecule has 0 spiro atoms. The molecule has 3 N–H and O–H groups in total. The lowest BCUT2D eigenvalue weighted by Crippen LogP contribution is -2.22. The van der Waals surface area contributed by atoms with E-state index in [4.69, 9.17) is 10.3 Å². The van der Waals surface area contributed by atoms with E-state index in [1.807, 2.05) is 0 Å². The van der Waals surface area contributed by atoms with Crippen molar-refractivity contribution in [2.75, 3.05) is 6.54 Å². The molecule has 1 heterocycles. The van der Waals surface area contributed by atoms with Crippen LogP contribution in [0.1, 0.15) is 31.0 Å². The molecule has 6 heteroatoms. The number of nitrogens with two attached hydrogens (primary N) is 1. The second-order valence-corrected chi connectivity index (χ2v) is 3.26. The Bertz CT molecular complexity index is 311. The molecule has 0 saturated carbocycles. The summed E-state index contributed by atoms with van der Waals surface area (Å²) in [6.45, 7) is 2.65. The number of rotatable bonds is 6. The monoisotopic (exact) mass is 212 g/mol. The predicted octanol–water partition coefficient (Wildman–Crippen LogP) is 0.123. The fraction of sp³-hybridized carbons (Fsp3) is 0.667. The zero-order chi connectivity index (χ0) is 11.1. The van der Waals surface area contributed by atoms with Crippen molar-refractivity contribution < 1.29 is 9.32 Å². The molecule has 1 aromatic heterocycles. The minimum Gasteiger partial charge on any atom is -0.347 e. The van der Waals surface area contributed by atoms with E-state index in [0.717, 1.165) is 12.8 Å². The minimum atomic E-state index is -0.0145. The molecular formula is C9H16N4O2. The largest absolute Gasteiger partial charge is 0.347 e. The number of aromatic nitrogens is 2. The molecule has 1 rings (SSSR count). The predicted molar refractivity (Wildman–Crippen MR) is 53.8 cm³/mol. The van der Waals surface area contributed by atoms with Gasteiger partial charge in [0.1, 0.15) is 0 Å². The Hall–Kier alpha value is -1.43. The highest BCUT2D eigenvalue weighted by atomic mass is 16.5. The normalized spacial score (nSPS) is 10.3. The molecule has 0 aliphatic rings. The quantitative estimate of drug-likeness (QED) is 0.653. The summed E-state index contributed by atoms with van der Waals surface area (Å²) in [4.78, 5) is 15.2. The highest BCUT2D eigenvalue weighted by molar-refractivity contribution is 5.75. The van der Waals surface area contributed by atoms with Crippen LogP contribution in [0.4, 0.5) is 0 Å². The van der Waals surface area contributed by atoms with Crippen molar-refractivity contribution in [3.63, 3.8) is 0 Å². The van der Waals surface area contributed by atoms with Gasteiger partial charge >= 0.3 is 0 Å². The van der Waals surface area contributed by atoms with Crippen molar-refractivity contribution in [3.8, 4) is 0 Å². The van der Waals surface area contributed by atoms with Crippen LogP contribution in [0.5, 0.6) is 0 Å². The number of amides is 1. The molecule has 1 amide bonds. The Labute approximate surface area is 88.2 Å². The van der Waals surface area contributed by atoms with E-state index in [0.29, 0.717) is 31.2 Å². The highest BCUT2D eigenvalue weighted by Gasteiger charge is 2.05. The van der Waals surface area contributed by atoms with Crippen LogP contribution in [0, 0.1) is 6.92 Å². The minimum absolute atomic E-state index is 0.0145. The van der Waals surface area contributed by atoms with Crippen molar-refractivity contribution in [2.24, 2.45) is 5.73 Å². The van der Waals surface area contributed by atoms with Gasteiger partial charge in [0.05, 0.1) is 6.54 Å². The molecule has 84 valence electrons. The third kappa shape index (κ3) is 4.55. The van der Waals surface area contributed by atoms with Gasteiger partial charge in [-0.05, 0) is 26.3 Å². The van der Waals surface area contributed by atoms with Crippen molar-refractivity contribution >= 4 is 5.91 Å². The van der Waals surface area contributed by atoms with E-state index in [-0.39, 0.29) is 5.91 Å². The molecular weight excluding hydrogens is 196 g/mol. The van der Waals surface area contributed by atoms with Crippen molar-refractivity contribution in [2.45, 2.75) is 32.7 Å². The van der Waals surface area contributed by atoms with E-state index in [1.165, 1.54) is 0 Å². The van der Waals surface area contributed by atoms with E-state index >= 15 is 0 Å². The smallest absolute Gasteiger partial charge is 0.246 e. The molecule has 0 atom stereocenters. The Morgan fingerprint density at radius 1 is 1.53 bits per heavy atom. The lowest BCUT2D eigenvalue weighted by molar-refractivity contribution is -0.121. The number of nitrogens with zero attached hydrogens (tertiary/aromatic N) is 2. The number of carbonyl (C=O) groups is 1. The summed E-state index contributed by atoms with van der Waals surface area (Å²) in [5.41, 5.74) is 5.32. The molecule has 0 aliphatic carbocycles. The van der Waals surface area contributed by atoms with Crippen molar-refractivity contribution in [1.82, 2.24) is 15.5 Å². The second kappa shape index (κ2) is 6.13. The van der Waals surface area contributed by atoms with Gasteiger partial charge in [-0.3, -0.25) is 4.79 Å². The standard InChI is InChI=1S/C9H16N4O2/c1-7-12-9(15-13-7)6-11-8(14)4-2-3-5-10/h2-6,10H2,1H3,(H,11,14). The van der Waals surface area contributed by atoms with Crippen LogP contribution in [0.2, 0.25) is 0 Å².